The number of nitro benzene ring substituents is 1. The Morgan fingerprint density at radius 3 is 2.89 bits per heavy atom. The number of hydrogen-bond acceptors (Lipinski definition) is 4. The van der Waals surface area contributed by atoms with Crippen LogP contribution in [-0.4, -0.2) is 14.7 Å². The highest BCUT2D eigenvalue weighted by Gasteiger charge is 2.17. The highest BCUT2D eigenvalue weighted by Crippen LogP contribution is 2.27. The Bertz CT molecular complexity index is 583. The summed E-state index contributed by atoms with van der Waals surface area (Å²) >= 11 is 5.93. The molecule has 18 heavy (non-hydrogen) atoms. The molecule has 2 rings (SSSR count). The lowest BCUT2D eigenvalue weighted by molar-refractivity contribution is -0.385. The maximum Gasteiger partial charge on any atom is 0.277 e. The Balaban J connectivity index is 2.20. The zero-order valence-electron chi connectivity index (χ0n) is 9.54. The predicted octanol–water partition coefficient (Wildman–Crippen LogP) is 2.56. The average molecular weight is 268 g/mol. The van der Waals surface area contributed by atoms with Crippen LogP contribution in [0.15, 0.2) is 30.5 Å². The van der Waals surface area contributed by atoms with Crippen molar-refractivity contribution >= 4 is 17.3 Å². The van der Waals surface area contributed by atoms with Gasteiger partial charge in [-0.2, -0.15) is 0 Å². The Labute approximate surface area is 108 Å². The summed E-state index contributed by atoms with van der Waals surface area (Å²) in [6.07, 6.45) is 1.72. The molecule has 0 saturated heterocycles. The van der Waals surface area contributed by atoms with Crippen molar-refractivity contribution in [3.8, 4) is 5.88 Å². The molecule has 7 heteroatoms. The molecular formula is C11H10ClN3O3. The van der Waals surface area contributed by atoms with Gasteiger partial charge in [-0.1, -0.05) is 17.7 Å². The first-order valence-corrected chi connectivity index (χ1v) is 5.50. The molecule has 0 fully saturated rings. The fraction of sp³-hybridized carbons (Fsp3) is 0.182. The first kappa shape index (κ1) is 12.4. The molecule has 0 amide bonds. The van der Waals surface area contributed by atoms with Gasteiger partial charge < -0.3 is 4.74 Å². The van der Waals surface area contributed by atoms with Crippen molar-refractivity contribution in [3.63, 3.8) is 0 Å². The Morgan fingerprint density at radius 1 is 1.50 bits per heavy atom. The van der Waals surface area contributed by atoms with Gasteiger partial charge >= 0.3 is 0 Å². The number of rotatable bonds is 4. The summed E-state index contributed by atoms with van der Waals surface area (Å²) in [6, 6.07) is 6.18. The van der Waals surface area contributed by atoms with Gasteiger partial charge in [-0.3, -0.25) is 14.8 Å². The van der Waals surface area contributed by atoms with Gasteiger partial charge in [0.25, 0.3) is 5.69 Å². The summed E-state index contributed by atoms with van der Waals surface area (Å²) < 4.78 is 6.94. The number of hydrogen-bond donors (Lipinski definition) is 0. The molecule has 0 spiro atoms. The van der Waals surface area contributed by atoms with E-state index >= 15 is 0 Å². The van der Waals surface area contributed by atoms with Crippen LogP contribution in [-0.2, 0) is 13.7 Å². The summed E-state index contributed by atoms with van der Waals surface area (Å²) in [6.45, 7) is 0.00694. The number of halogens is 1. The largest absolute Gasteiger partial charge is 0.471 e. The highest BCUT2D eigenvalue weighted by atomic mass is 35.5. The van der Waals surface area contributed by atoms with Crippen LogP contribution >= 0.6 is 11.6 Å². The third-order valence-electron chi connectivity index (χ3n) is 2.34. The SMILES string of the molecule is Cn1ccc(OCc2c(Cl)cccc2[N+](=O)[O-])n1. The van der Waals surface area contributed by atoms with E-state index in [2.05, 4.69) is 5.10 Å². The van der Waals surface area contributed by atoms with Crippen LogP contribution in [0.25, 0.3) is 0 Å². The van der Waals surface area contributed by atoms with Crippen LogP contribution in [0.1, 0.15) is 5.56 Å². The molecule has 94 valence electrons. The minimum absolute atomic E-state index is 0.00694. The Kier molecular flexibility index (Phi) is 3.47. The molecule has 1 aromatic heterocycles. The van der Waals surface area contributed by atoms with Gasteiger partial charge in [-0.05, 0) is 6.07 Å². The maximum atomic E-state index is 10.9. The second-order valence-electron chi connectivity index (χ2n) is 3.61. The molecule has 0 aliphatic carbocycles. The van der Waals surface area contributed by atoms with Crippen molar-refractivity contribution in [1.29, 1.82) is 0 Å². The number of aromatic nitrogens is 2. The van der Waals surface area contributed by atoms with Gasteiger partial charge in [0.1, 0.15) is 6.61 Å². The van der Waals surface area contributed by atoms with Crippen molar-refractivity contribution in [3.05, 3.63) is 51.2 Å². The quantitative estimate of drug-likeness (QED) is 0.630. The molecule has 2 aromatic rings. The lowest BCUT2D eigenvalue weighted by Crippen LogP contribution is -2.02. The fourth-order valence-corrected chi connectivity index (χ4v) is 1.70. The zero-order chi connectivity index (χ0) is 13.1. The summed E-state index contributed by atoms with van der Waals surface area (Å²) in [4.78, 5) is 10.4. The van der Waals surface area contributed by atoms with Crippen LogP contribution in [0.3, 0.4) is 0 Å². The van der Waals surface area contributed by atoms with Gasteiger partial charge in [-0.25, -0.2) is 0 Å². The van der Waals surface area contributed by atoms with Gasteiger partial charge in [0, 0.05) is 25.4 Å². The Hall–Kier alpha value is -2.08. The summed E-state index contributed by atoms with van der Waals surface area (Å²) in [5.41, 5.74) is 0.285. The number of nitro groups is 1. The highest BCUT2D eigenvalue weighted by molar-refractivity contribution is 6.31. The van der Waals surface area contributed by atoms with E-state index in [-0.39, 0.29) is 12.3 Å². The van der Waals surface area contributed by atoms with E-state index in [1.165, 1.54) is 12.1 Å². The summed E-state index contributed by atoms with van der Waals surface area (Å²) in [5.74, 6) is 0.395. The lowest BCUT2D eigenvalue weighted by Gasteiger charge is -2.05. The molecule has 0 radical (unpaired) electrons. The normalized spacial score (nSPS) is 10.3. The first-order chi connectivity index (χ1) is 8.58. The van der Waals surface area contributed by atoms with E-state index in [0.29, 0.717) is 16.5 Å². The van der Waals surface area contributed by atoms with E-state index in [1.807, 2.05) is 0 Å². The van der Waals surface area contributed by atoms with Crippen molar-refractivity contribution in [1.82, 2.24) is 9.78 Å². The van der Waals surface area contributed by atoms with E-state index in [4.69, 9.17) is 16.3 Å². The zero-order valence-corrected chi connectivity index (χ0v) is 10.3. The fourth-order valence-electron chi connectivity index (χ4n) is 1.48. The number of aryl methyl sites for hydroxylation is 1. The Morgan fingerprint density at radius 2 is 2.28 bits per heavy atom. The van der Waals surface area contributed by atoms with Crippen molar-refractivity contribution < 1.29 is 9.66 Å². The van der Waals surface area contributed by atoms with Gasteiger partial charge in [0.15, 0.2) is 0 Å². The molecule has 0 bridgehead atoms. The van der Waals surface area contributed by atoms with Gasteiger partial charge in [0.2, 0.25) is 5.88 Å². The molecule has 0 saturated carbocycles. The van der Waals surface area contributed by atoms with E-state index < -0.39 is 4.92 Å². The number of benzene rings is 1. The summed E-state index contributed by atoms with van der Waals surface area (Å²) in [5, 5.41) is 15.2. The van der Waals surface area contributed by atoms with Crippen LogP contribution in [0.4, 0.5) is 5.69 Å². The molecule has 0 N–H and O–H groups in total. The molecule has 6 nitrogen and oxygen atoms in total. The van der Waals surface area contributed by atoms with Crippen molar-refractivity contribution in [2.24, 2.45) is 7.05 Å². The monoisotopic (exact) mass is 267 g/mol. The smallest absolute Gasteiger partial charge is 0.277 e. The van der Waals surface area contributed by atoms with Crippen molar-refractivity contribution in [2.75, 3.05) is 0 Å². The number of ether oxygens (including phenoxy) is 1. The first-order valence-electron chi connectivity index (χ1n) is 5.12. The molecule has 0 unspecified atom stereocenters. The molecular weight excluding hydrogens is 258 g/mol. The molecule has 0 aliphatic heterocycles. The second-order valence-corrected chi connectivity index (χ2v) is 4.02. The van der Waals surface area contributed by atoms with E-state index in [9.17, 15) is 10.1 Å². The third-order valence-corrected chi connectivity index (χ3v) is 2.70. The van der Waals surface area contributed by atoms with Crippen LogP contribution < -0.4 is 4.74 Å². The lowest BCUT2D eigenvalue weighted by atomic mass is 10.2. The molecule has 0 atom stereocenters. The van der Waals surface area contributed by atoms with Gasteiger partial charge in [-0.15, -0.1) is 5.10 Å². The minimum Gasteiger partial charge on any atom is -0.471 e. The van der Waals surface area contributed by atoms with Crippen LogP contribution in [0.2, 0.25) is 5.02 Å². The van der Waals surface area contributed by atoms with Crippen LogP contribution in [0.5, 0.6) is 5.88 Å². The maximum absolute atomic E-state index is 10.9. The molecule has 1 aromatic carbocycles. The van der Waals surface area contributed by atoms with Crippen LogP contribution in [0, 0.1) is 10.1 Å². The predicted molar refractivity (Wildman–Crippen MR) is 65.6 cm³/mol. The van der Waals surface area contributed by atoms with E-state index in [0.717, 1.165) is 0 Å². The molecule has 1 heterocycles. The number of nitrogens with zero attached hydrogens (tertiary/aromatic N) is 3. The van der Waals surface area contributed by atoms with E-state index in [1.54, 1.807) is 30.1 Å². The standard InChI is InChI=1S/C11H10ClN3O3/c1-14-6-5-11(13-14)18-7-8-9(12)3-2-4-10(8)15(16)17/h2-6H,7H2,1H3. The topological polar surface area (TPSA) is 70.2 Å². The average Bonchev–Trinajstić information content (AvgIpc) is 2.73. The van der Waals surface area contributed by atoms with Gasteiger partial charge in [0.05, 0.1) is 15.5 Å². The summed E-state index contributed by atoms with van der Waals surface area (Å²) in [7, 11) is 1.75. The second kappa shape index (κ2) is 5.05. The molecule has 0 aliphatic rings. The van der Waals surface area contributed by atoms with Crippen molar-refractivity contribution in [2.45, 2.75) is 6.61 Å². The third kappa shape index (κ3) is 2.60. The minimum atomic E-state index is -0.483.